The standard InChI is InChI=1S/C50H36O6P2/c1-7-19-35(20-8-1)55-41-31-43(57(37-23-11-3-12-24-37)38-25-13-4-14-26-38)45(49-47(41)51-33-53-49)46-44(58(39-27-15-5-16-28-39)40-29-17-6-18-30-40)32-42(48-50(46)54-34-52-48)56-36-21-9-2-10-22-36/h1-32H,33-34H2. The topological polar surface area (TPSA) is 55.4 Å². The highest BCUT2D eigenvalue weighted by Gasteiger charge is 2.39. The minimum absolute atomic E-state index is 0.0295. The van der Waals surface area contributed by atoms with Crippen molar-refractivity contribution < 1.29 is 28.4 Å². The number of hydrogen-bond acceptors (Lipinski definition) is 6. The van der Waals surface area contributed by atoms with Crippen molar-refractivity contribution in [2.45, 2.75) is 0 Å². The molecule has 0 radical (unpaired) electrons. The molecular weight excluding hydrogens is 758 g/mol. The van der Waals surface area contributed by atoms with E-state index in [4.69, 9.17) is 28.4 Å². The van der Waals surface area contributed by atoms with Gasteiger partial charge in [-0.2, -0.15) is 0 Å². The number of fused-ring (bicyclic) bond motifs is 2. The number of para-hydroxylation sites is 2. The fourth-order valence-corrected chi connectivity index (χ4v) is 12.4. The number of hydrogen-bond donors (Lipinski definition) is 0. The molecule has 2 aliphatic heterocycles. The van der Waals surface area contributed by atoms with Crippen LogP contribution in [0.5, 0.6) is 46.0 Å². The molecule has 0 atom stereocenters. The molecule has 58 heavy (non-hydrogen) atoms. The Labute approximate surface area is 339 Å². The van der Waals surface area contributed by atoms with Gasteiger partial charge in [-0.1, -0.05) is 158 Å². The molecule has 8 aromatic carbocycles. The van der Waals surface area contributed by atoms with Crippen LogP contribution in [0.4, 0.5) is 0 Å². The quantitative estimate of drug-likeness (QED) is 0.122. The summed E-state index contributed by atoms with van der Waals surface area (Å²) < 4.78 is 39.4. The Morgan fingerprint density at radius 3 is 0.914 bits per heavy atom. The zero-order chi connectivity index (χ0) is 38.7. The first-order valence-electron chi connectivity index (χ1n) is 19.0. The lowest BCUT2D eigenvalue weighted by atomic mass is 10.0. The van der Waals surface area contributed by atoms with E-state index in [0.717, 1.165) is 21.7 Å². The van der Waals surface area contributed by atoms with Crippen LogP contribution in [-0.2, 0) is 0 Å². The van der Waals surface area contributed by atoms with Crippen LogP contribution in [-0.4, -0.2) is 13.6 Å². The maximum Gasteiger partial charge on any atom is 0.231 e. The Hall–Kier alpha value is -6.58. The zero-order valence-corrected chi connectivity index (χ0v) is 33.0. The molecule has 0 saturated heterocycles. The average molecular weight is 795 g/mol. The fourth-order valence-electron chi connectivity index (χ4n) is 7.43. The van der Waals surface area contributed by atoms with E-state index in [1.165, 1.54) is 21.2 Å². The molecule has 0 N–H and O–H groups in total. The summed E-state index contributed by atoms with van der Waals surface area (Å²) in [6.07, 6.45) is 0. The maximum absolute atomic E-state index is 6.70. The molecule has 10 rings (SSSR count). The predicted molar refractivity (Wildman–Crippen MR) is 235 cm³/mol. The van der Waals surface area contributed by atoms with Crippen LogP contribution in [0.1, 0.15) is 0 Å². The molecule has 0 saturated carbocycles. The second-order valence-corrected chi connectivity index (χ2v) is 17.9. The van der Waals surface area contributed by atoms with E-state index >= 15 is 0 Å². The summed E-state index contributed by atoms with van der Waals surface area (Å²) in [6.45, 7) is 0.0590. The van der Waals surface area contributed by atoms with Crippen LogP contribution in [0.3, 0.4) is 0 Å². The molecule has 0 amide bonds. The number of rotatable bonds is 11. The zero-order valence-electron chi connectivity index (χ0n) is 31.2. The summed E-state index contributed by atoms with van der Waals surface area (Å²) >= 11 is 0. The smallest absolute Gasteiger partial charge is 0.231 e. The van der Waals surface area contributed by atoms with Gasteiger partial charge in [-0.25, -0.2) is 0 Å². The van der Waals surface area contributed by atoms with Gasteiger partial charge in [0.2, 0.25) is 25.1 Å². The van der Waals surface area contributed by atoms with Crippen LogP contribution in [0.15, 0.2) is 194 Å². The highest BCUT2D eigenvalue weighted by Crippen LogP contribution is 2.58. The van der Waals surface area contributed by atoms with Gasteiger partial charge in [-0.15, -0.1) is 0 Å². The molecule has 2 heterocycles. The molecule has 0 aromatic heterocycles. The van der Waals surface area contributed by atoms with E-state index in [-0.39, 0.29) is 13.6 Å². The second-order valence-electron chi connectivity index (χ2n) is 13.5. The molecule has 0 bridgehead atoms. The second kappa shape index (κ2) is 16.1. The van der Waals surface area contributed by atoms with Crippen molar-refractivity contribution in [1.82, 2.24) is 0 Å². The van der Waals surface area contributed by atoms with E-state index in [1.807, 2.05) is 60.7 Å². The Balaban J connectivity index is 1.33. The Bertz CT molecular complexity index is 2400. The van der Waals surface area contributed by atoms with Gasteiger partial charge >= 0.3 is 0 Å². The Morgan fingerprint density at radius 2 is 0.603 bits per heavy atom. The molecule has 8 heteroatoms. The van der Waals surface area contributed by atoms with Crippen molar-refractivity contribution in [2.24, 2.45) is 0 Å². The third-order valence-corrected chi connectivity index (χ3v) is 14.8. The highest BCUT2D eigenvalue weighted by atomic mass is 31.1. The minimum atomic E-state index is -1.22. The number of benzene rings is 8. The van der Waals surface area contributed by atoms with Crippen molar-refractivity contribution in [3.05, 3.63) is 194 Å². The molecule has 6 nitrogen and oxygen atoms in total. The van der Waals surface area contributed by atoms with E-state index in [0.29, 0.717) is 46.0 Å². The molecule has 0 unspecified atom stereocenters. The van der Waals surface area contributed by atoms with Crippen LogP contribution >= 0.6 is 15.8 Å². The van der Waals surface area contributed by atoms with Crippen LogP contribution in [0, 0.1) is 0 Å². The Kier molecular flexibility index (Phi) is 9.95. The van der Waals surface area contributed by atoms with Gasteiger partial charge in [0.15, 0.2) is 23.0 Å². The first-order chi connectivity index (χ1) is 28.8. The summed E-state index contributed by atoms with van der Waals surface area (Å²) in [5, 5.41) is 6.72. The van der Waals surface area contributed by atoms with E-state index in [2.05, 4.69) is 133 Å². The van der Waals surface area contributed by atoms with Crippen molar-refractivity contribution in [3.63, 3.8) is 0 Å². The summed E-state index contributed by atoms with van der Waals surface area (Å²) in [5.74, 6) is 4.79. The maximum atomic E-state index is 6.70. The third-order valence-electron chi connectivity index (χ3n) is 9.91. The Morgan fingerprint density at radius 1 is 0.328 bits per heavy atom. The normalized spacial score (nSPS) is 12.5. The van der Waals surface area contributed by atoms with Crippen molar-refractivity contribution in [1.29, 1.82) is 0 Å². The SMILES string of the molecule is c1ccc(Oc2cc(P(c3ccccc3)c3ccccc3)c(-c3c(P(c4ccccc4)c4ccccc4)cc(Oc4ccccc4)c4c3OCO4)c3c2OCO3)cc1. The van der Waals surface area contributed by atoms with Gasteiger partial charge < -0.3 is 28.4 Å². The van der Waals surface area contributed by atoms with Crippen LogP contribution < -0.4 is 60.2 Å². The average Bonchev–Trinajstić information content (AvgIpc) is 3.99. The van der Waals surface area contributed by atoms with Gasteiger partial charge in [0.05, 0.1) is 0 Å². The highest BCUT2D eigenvalue weighted by molar-refractivity contribution is 7.80. The van der Waals surface area contributed by atoms with Crippen molar-refractivity contribution in [3.8, 4) is 57.1 Å². The van der Waals surface area contributed by atoms with E-state index < -0.39 is 15.8 Å². The summed E-state index contributed by atoms with van der Waals surface area (Å²) in [4.78, 5) is 0. The summed E-state index contributed by atoms with van der Waals surface area (Å²) in [6, 6.07) is 66.5. The van der Waals surface area contributed by atoms with Crippen LogP contribution in [0.2, 0.25) is 0 Å². The molecule has 8 aromatic rings. The summed E-state index contributed by atoms with van der Waals surface area (Å²) in [5.41, 5.74) is 1.74. The molecule has 2 aliphatic rings. The largest absolute Gasteiger partial charge is 0.453 e. The van der Waals surface area contributed by atoms with E-state index in [1.54, 1.807) is 0 Å². The lowest BCUT2D eigenvalue weighted by Gasteiger charge is -2.28. The van der Waals surface area contributed by atoms with Crippen molar-refractivity contribution >= 4 is 47.7 Å². The lowest BCUT2D eigenvalue weighted by molar-refractivity contribution is 0.171. The fraction of sp³-hybridized carbons (Fsp3) is 0.0400. The predicted octanol–water partition coefficient (Wildman–Crippen LogP) is 9.91. The van der Waals surface area contributed by atoms with Crippen LogP contribution in [0.25, 0.3) is 11.1 Å². The molecule has 0 aliphatic carbocycles. The van der Waals surface area contributed by atoms with Gasteiger partial charge in [0, 0.05) is 21.7 Å². The lowest BCUT2D eigenvalue weighted by Crippen LogP contribution is -2.26. The van der Waals surface area contributed by atoms with Gasteiger partial charge in [-0.05, 0) is 73.5 Å². The monoisotopic (exact) mass is 794 g/mol. The summed E-state index contributed by atoms with van der Waals surface area (Å²) in [7, 11) is -2.44. The first kappa shape index (κ1) is 35.8. The van der Waals surface area contributed by atoms with E-state index in [9.17, 15) is 0 Å². The first-order valence-corrected chi connectivity index (χ1v) is 21.7. The van der Waals surface area contributed by atoms with Crippen molar-refractivity contribution in [2.75, 3.05) is 13.6 Å². The molecule has 282 valence electrons. The molecule has 0 spiro atoms. The molecular formula is C50H36O6P2. The van der Waals surface area contributed by atoms with Gasteiger partial charge in [0.25, 0.3) is 0 Å². The third kappa shape index (κ3) is 6.92. The van der Waals surface area contributed by atoms with Gasteiger partial charge in [0.1, 0.15) is 11.5 Å². The van der Waals surface area contributed by atoms with Gasteiger partial charge in [-0.3, -0.25) is 0 Å². The molecule has 0 fully saturated rings. The minimum Gasteiger partial charge on any atom is -0.453 e. The number of ether oxygens (including phenoxy) is 6.